The molecule has 0 N–H and O–H groups in total. The molecule has 0 bridgehead atoms. The SMILES string of the molecule is C=C(C)C(=O)OCCOCCCCC(C)OCCCC. The van der Waals surface area contributed by atoms with Crippen LogP contribution >= 0.6 is 0 Å². The Balaban J connectivity index is 3.24. The second-order valence-corrected chi connectivity index (χ2v) is 5.06. The zero-order chi connectivity index (χ0) is 15.2. The molecule has 0 radical (unpaired) electrons. The smallest absolute Gasteiger partial charge is 0.333 e. The maximum absolute atomic E-state index is 11.1. The summed E-state index contributed by atoms with van der Waals surface area (Å²) in [5, 5.41) is 0. The summed E-state index contributed by atoms with van der Waals surface area (Å²) in [5.74, 6) is -0.355. The van der Waals surface area contributed by atoms with Gasteiger partial charge in [0.25, 0.3) is 0 Å². The highest BCUT2D eigenvalue weighted by atomic mass is 16.6. The Hall–Kier alpha value is -0.870. The number of carbonyl (C=O) groups is 1. The van der Waals surface area contributed by atoms with Gasteiger partial charge in [-0.1, -0.05) is 19.9 Å². The third kappa shape index (κ3) is 12.2. The number of hydrogen-bond donors (Lipinski definition) is 0. The molecule has 0 aliphatic carbocycles. The van der Waals surface area contributed by atoms with Gasteiger partial charge in [0.1, 0.15) is 6.61 Å². The molecule has 0 amide bonds. The first-order chi connectivity index (χ1) is 9.57. The minimum absolute atomic E-state index is 0.294. The fraction of sp³-hybridized carbons (Fsp3) is 0.812. The minimum atomic E-state index is -0.355. The molecular formula is C16H30O4. The standard InChI is InChI=1S/C16H30O4/c1-5-6-11-19-15(4)9-7-8-10-18-12-13-20-16(17)14(2)3/h15H,2,5-13H2,1,3-4H3. The van der Waals surface area contributed by atoms with Crippen LogP contribution < -0.4 is 0 Å². The van der Waals surface area contributed by atoms with E-state index in [1.54, 1.807) is 6.92 Å². The molecule has 0 aliphatic heterocycles. The number of unbranched alkanes of at least 4 members (excludes halogenated alkanes) is 2. The normalized spacial score (nSPS) is 12.2. The van der Waals surface area contributed by atoms with E-state index in [-0.39, 0.29) is 5.97 Å². The predicted octanol–water partition coefficient (Wildman–Crippen LogP) is 3.50. The molecule has 1 atom stereocenters. The Morgan fingerprint density at radius 2 is 1.85 bits per heavy atom. The average molecular weight is 286 g/mol. The van der Waals surface area contributed by atoms with Gasteiger partial charge in [-0.3, -0.25) is 0 Å². The summed E-state index contributed by atoms with van der Waals surface area (Å²) in [6.45, 7) is 11.7. The van der Waals surface area contributed by atoms with Gasteiger partial charge in [0.2, 0.25) is 0 Å². The summed E-state index contributed by atoms with van der Waals surface area (Å²) in [4.78, 5) is 11.1. The first kappa shape index (κ1) is 19.1. The third-order valence-electron chi connectivity index (χ3n) is 2.86. The number of hydrogen-bond acceptors (Lipinski definition) is 4. The molecule has 20 heavy (non-hydrogen) atoms. The first-order valence-corrected chi connectivity index (χ1v) is 7.59. The Morgan fingerprint density at radius 1 is 1.10 bits per heavy atom. The molecular weight excluding hydrogens is 256 g/mol. The molecule has 0 aromatic rings. The summed E-state index contributed by atoms with van der Waals surface area (Å²) in [6.07, 6.45) is 5.82. The molecule has 4 nitrogen and oxygen atoms in total. The molecule has 1 unspecified atom stereocenters. The Bertz CT molecular complexity index is 263. The van der Waals surface area contributed by atoms with Gasteiger partial charge in [-0.2, -0.15) is 0 Å². The minimum Gasteiger partial charge on any atom is -0.460 e. The summed E-state index contributed by atoms with van der Waals surface area (Å²) in [7, 11) is 0. The topological polar surface area (TPSA) is 44.8 Å². The first-order valence-electron chi connectivity index (χ1n) is 7.59. The number of rotatable bonds is 13. The van der Waals surface area contributed by atoms with Crippen molar-refractivity contribution in [2.24, 2.45) is 0 Å². The lowest BCUT2D eigenvalue weighted by Gasteiger charge is -2.12. The predicted molar refractivity (Wildman–Crippen MR) is 80.8 cm³/mol. The molecule has 0 aliphatic rings. The van der Waals surface area contributed by atoms with E-state index in [9.17, 15) is 4.79 Å². The monoisotopic (exact) mass is 286 g/mol. The van der Waals surface area contributed by atoms with Gasteiger partial charge in [0.05, 0.1) is 12.7 Å². The second-order valence-electron chi connectivity index (χ2n) is 5.06. The molecule has 0 fully saturated rings. The summed E-state index contributed by atoms with van der Waals surface area (Å²) in [6, 6.07) is 0. The van der Waals surface area contributed by atoms with E-state index in [1.807, 2.05) is 0 Å². The van der Waals surface area contributed by atoms with Crippen molar-refractivity contribution in [1.82, 2.24) is 0 Å². The van der Waals surface area contributed by atoms with Crippen molar-refractivity contribution in [1.29, 1.82) is 0 Å². The maximum Gasteiger partial charge on any atom is 0.333 e. The highest BCUT2D eigenvalue weighted by Gasteiger charge is 2.03. The summed E-state index contributed by atoms with van der Waals surface area (Å²) < 4.78 is 16.0. The third-order valence-corrected chi connectivity index (χ3v) is 2.86. The zero-order valence-electron chi connectivity index (χ0n) is 13.3. The van der Waals surface area contributed by atoms with Crippen LogP contribution in [-0.2, 0) is 19.0 Å². The van der Waals surface area contributed by atoms with Crippen LogP contribution in [0.4, 0.5) is 0 Å². The maximum atomic E-state index is 11.1. The van der Waals surface area contributed by atoms with Crippen molar-refractivity contribution in [3.63, 3.8) is 0 Å². The molecule has 0 saturated heterocycles. The number of carbonyl (C=O) groups excluding carboxylic acids is 1. The van der Waals surface area contributed by atoms with Gasteiger partial charge in [0.15, 0.2) is 0 Å². The summed E-state index contributed by atoms with van der Waals surface area (Å²) >= 11 is 0. The summed E-state index contributed by atoms with van der Waals surface area (Å²) in [5.41, 5.74) is 0.419. The fourth-order valence-corrected chi connectivity index (χ4v) is 1.57. The molecule has 0 aromatic carbocycles. The van der Waals surface area contributed by atoms with Crippen LogP contribution in [0.2, 0.25) is 0 Å². The Labute approximate surface area is 123 Å². The van der Waals surface area contributed by atoms with Crippen LogP contribution in [0.1, 0.15) is 52.9 Å². The van der Waals surface area contributed by atoms with Crippen molar-refractivity contribution in [2.75, 3.05) is 26.4 Å². The van der Waals surface area contributed by atoms with Gasteiger partial charge in [0, 0.05) is 18.8 Å². The zero-order valence-corrected chi connectivity index (χ0v) is 13.3. The van der Waals surface area contributed by atoms with E-state index in [2.05, 4.69) is 20.4 Å². The van der Waals surface area contributed by atoms with Gasteiger partial charge >= 0.3 is 5.97 Å². The van der Waals surface area contributed by atoms with Crippen LogP contribution in [0, 0.1) is 0 Å². The van der Waals surface area contributed by atoms with Crippen LogP contribution in [-0.4, -0.2) is 38.5 Å². The lowest BCUT2D eigenvalue weighted by Crippen LogP contribution is -2.12. The molecule has 0 heterocycles. The van der Waals surface area contributed by atoms with Gasteiger partial charge in [-0.05, 0) is 39.5 Å². The highest BCUT2D eigenvalue weighted by Crippen LogP contribution is 2.05. The lowest BCUT2D eigenvalue weighted by atomic mass is 10.2. The molecule has 0 saturated carbocycles. The van der Waals surface area contributed by atoms with Gasteiger partial charge in [-0.25, -0.2) is 4.79 Å². The average Bonchev–Trinajstić information content (AvgIpc) is 2.41. The molecule has 118 valence electrons. The van der Waals surface area contributed by atoms with E-state index < -0.39 is 0 Å². The van der Waals surface area contributed by atoms with Crippen LogP contribution in [0.5, 0.6) is 0 Å². The van der Waals surface area contributed by atoms with Crippen molar-refractivity contribution in [3.8, 4) is 0 Å². The number of ether oxygens (including phenoxy) is 3. The van der Waals surface area contributed by atoms with Gasteiger partial charge < -0.3 is 14.2 Å². The quantitative estimate of drug-likeness (QED) is 0.295. The fourth-order valence-electron chi connectivity index (χ4n) is 1.57. The van der Waals surface area contributed by atoms with Crippen molar-refractivity contribution < 1.29 is 19.0 Å². The van der Waals surface area contributed by atoms with Gasteiger partial charge in [-0.15, -0.1) is 0 Å². The van der Waals surface area contributed by atoms with Crippen molar-refractivity contribution in [3.05, 3.63) is 12.2 Å². The highest BCUT2D eigenvalue weighted by molar-refractivity contribution is 5.86. The Kier molecular flexibility index (Phi) is 12.6. The van der Waals surface area contributed by atoms with E-state index >= 15 is 0 Å². The van der Waals surface area contributed by atoms with E-state index in [0.717, 1.165) is 32.3 Å². The van der Waals surface area contributed by atoms with E-state index in [4.69, 9.17) is 14.2 Å². The molecule has 0 rings (SSSR count). The van der Waals surface area contributed by atoms with E-state index in [0.29, 0.717) is 31.5 Å². The molecule has 4 heteroatoms. The van der Waals surface area contributed by atoms with Crippen molar-refractivity contribution in [2.45, 2.75) is 59.0 Å². The van der Waals surface area contributed by atoms with Crippen molar-refractivity contribution >= 4 is 5.97 Å². The molecule has 0 aromatic heterocycles. The lowest BCUT2D eigenvalue weighted by molar-refractivity contribution is -0.140. The largest absolute Gasteiger partial charge is 0.460 e. The van der Waals surface area contributed by atoms with Crippen LogP contribution in [0.3, 0.4) is 0 Å². The second kappa shape index (κ2) is 13.1. The number of esters is 1. The van der Waals surface area contributed by atoms with E-state index in [1.165, 1.54) is 6.42 Å². The van der Waals surface area contributed by atoms with Crippen LogP contribution in [0.15, 0.2) is 12.2 Å². The Morgan fingerprint density at radius 3 is 2.50 bits per heavy atom. The van der Waals surface area contributed by atoms with Crippen LogP contribution in [0.25, 0.3) is 0 Å². The molecule has 0 spiro atoms.